The van der Waals surface area contributed by atoms with Crippen molar-refractivity contribution in [3.63, 3.8) is 0 Å². The maximum absolute atomic E-state index is 9.57. The molecule has 0 fully saturated rings. The molecular weight excluding hydrogens is 110 g/mol. The SMILES string of the molecule is O=CN=C1N=NN=N1. The molecule has 8 heavy (non-hydrogen) atoms. The van der Waals surface area contributed by atoms with Gasteiger partial charge in [0.1, 0.15) is 0 Å². The summed E-state index contributed by atoms with van der Waals surface area (Å²) in [5, 5.41) is 12.6. The third-order valence-corrected chi connectivity index (χ3v) is 0.477. The molecular formula is C2HN5O. The summed E-state index contributed by atoms with van der Waals surface area (Å²) < 4.78 is 0. The first-order valence-electron chi connectivity index (χ1n) is 1.76. The van der Waals surface area contributed by atoms with Crippen LogP contribution >= 0.6 is 0 Å². The van der Waals surface area contributed by atoms with Gasteiger partial charge < -0.3 is 0 Å². The van der Waals surface area contributed by atoms with Gasteiger partial charge in [0, 0.05) is 0 Å². The number of hydrogen-bond acceptors (Lipinski definition) is 3. The van der Waals surface area contributed by atoms with Crippen molar-refractivity contribution in [2.45, 2.75) is 0 Å². The van der Waals surface area contributed by atoms with Gasteiger partial charge in [-0.3, -0.25) is 4.79 Å². The lowest BCUT2D eigenvalue weighted by atomic mass is 11.0. The van der Waals surface area contributed by atoms with Gasteiger partial charge in [-0.05, 0) is 10.4 Å². The van der Waals surface area contributed by atoms with E-state index in [-0.39, 0.29) is 5.96 Å². The molecule has 0 aromatic carbocycles. The first-order chi connectivity index (χ1) is 3.93. The molecule has 0 N–H and O–H groups in total. The molecule has 1 aliphatic heterocycles. The van der Waals surface area contributed by atoms with Crippen LogP contribution in [0.15, 0.2) is 25.7 Å². The van der Waals surface area contributed by atoms with Crippen molar-refractivity contribution in [3.8, 4) is 0 Å². The average Bonchev–Trinajstić information content (AvgIpc) is 2.19. The number of nitrogens with zero attached hydrogens (tertiary/aromatic N) is 5. The van der Waals surface area contributed by atoms with Crippen molar-refractivity contribution in [1.82, 2.24) is 0 Å². The Morgan fingerprint density at radius 3 is 2.50 bits per heavy atom. The second-order valence-corrected chi connectivity index (χ2v) is 0.913. The Morgan fingerprint density at radius 2 is 2.00 bits per heavy atom. The van der Waals surface area contributed by atoms with Crippen LogP contribution in [0, 0.1) is 0 Å². The second-order valence-electron chi connectivity index (χ2n) is 0.913. The number of hydrogen-bond donors (Lipinski definition) is 0. The van der Waals surface area contributed by atoms with Crippen LogP contribution in [0.4, 0.5) is 0 Å². The second kappa shape index (κ2) is 2.01. The highest BCUT2D eigenvalue weighted by molar-refractivity contribution is 5.86. The van der Waals surface area contributed by atoms with Crippen molar-refractivity contribution in [1.29, 1.82) is 0 Å². The third-order valence-electron chi connectivity index (χ3n) is 0.477. The van der Waals surface area contributed by atoms with E-state index in [1.54, 1.807) is 0 Å². The molecule has 1 amide bonds. The van der Waals surface area contributed by atoms with Gasteiger partial charge in [-0.25, -0.2) is 0 Å². The molecule has 0 radical (unpaired) electrons. The van der Waals surface area contributed by atoms with Crippen LogP contribution in [0.25, 0.3) is 0 Å². The average molecular weight is 111 g/mol. The van der Waals surface area contributed by atoms with Gasteiger partial charge in [-0.15, -0.1) is 0 Å². The normalized spacial score (nSPS) is 14.8. The van der Waals surface area contributed by atoms with Gasteiger partial charge in [-0.1, -0.05) is 10.2 Å². The molecule has 0 aromatic rings. The van der Waals surface area contributed by atoms with E-state index in [0.717, 1.165) is 0 Å². The highest BCUT2D eigenvalue weighted by Crippen LogP contribution is 1.95. The van der Waals surface area contributed by atoms with Crippen LogP contribution in [0.5, 0.6) is 0 Å². The number of aliphatic imine (C=N–C) groups is 1. The third kappa shape index (κ3) is 0.780. The molecule has 0 unspecified atom stereocenters. The fraction of sp³-hybridized carbons (Fsp3) is 0. The largest absolute Gasteiger partial charge is 0.294 e. The topological polar surface area (TPSA) is 78.9 Å². The molecule has 6 heteroatoms. The number of guanidine groups is 1. The summed E-state index contributed by atoms with van der Waals surface area (Å²) in [5.74, 6) is 0.000000000000000222. The first kappa shape index (κ1) is 4.69. The fourth-order valence-electron chi connectivity index (χ4n) is 0.239. The zero-order valence-corrected chi connectivity index (χ0v) is 3.72. The highest BCUT2D eigenvalue weighted by Gasteiger charge is 1.95. The summed E-state index contributed by atoms with van der Waals surface area (Å²) in [6, 6.07) is 0. The number of amides is 1. The van der Waals surface area contributed by atoms with Crippen LogP contribution in [-0.2, 0) is 4.79 Å². The van der Waals surface area contributed by atoms with E-state index >= 15 is 0 Å². The van der Waals surface area contributed by atoms with Crippen LogP contribution in [0.2, 0.25) is 0 Å². The minimum atomic E-state index is 0.000000000000000222. The zero-order chi connectivity index (χ0) is 5.82. The Bertz CT molecular complexity index is 165. The fourth-order valence-corrected chi connectivity index (χ4v) is 0.239. The maximum Gasteiger partial charge on any atom is 0.294 e. The Balaban J connectivity index is 2.74. The van der Waals surface area contributed by atoms with Crippen LogP contribution in [-0.4, -0.2) is 12.4 Å². The smallest absolute Gasteiger partial charge is 0.276 e. The molecule has 1 aliphatic rings. The lowest BCUT2D eigenvalue weighted by molar-refractivity contribution is -0.106. The van der Waals surface area contributed by atoms with E-state index in [2.05, 4.69) is 25.7 Å². The molecule has 6 nitrogen and oxygen atoms in total. The molecule has 0 aromatic heterocycles. The Labute approximate surface area is 44.0 Å². The molecule has 0 spiro atoms. The minimum absolute atomic E-state index is 0.000000000000000222. The Morgan fingerprint density at radius 1 is 1.38 bits per heavy atom. The van der Waals surface area contributed by atoms with Crippen LogP contribution in [0.3, 0.4) is 0 Å². The lowest BCUT2D eigenvalue weighted by Crippen LogP contribution is -1.80. The van der Waals surface area contributed by atoms with Crippen molar-refractivity contribution in [2.75, 3.05) is 0 Å². The van der Waals surface area contributed by atoms with Gasteiger partial charge >= 0.3 is 0 Å². The van der Waals surface area contributed by atoms with Gasteiger partial charge in [0.15, 0.2) is 0 Å². The molecule has 0 saturated carbocycles. The molecule has 0 aliphatic carbocycles. The number of rotatable bonds is 1. The summed E-state index contributed by atoms with van der Waals surface area (Å²) in [6.07, 6.45) is 0.332. The molecule has 0 atom stereocenters. The van der Waals surface area contributed by atoms with Gasteiger partial charge in [0.05, 0.1) is 0 Å². The summed E-state index contributed by atoms with van der Waals surface area (Å²) in [6.45, 7) is 0. The van der Waals surface area contributed by atoms with E-state index in [1.165, 1.54) is 0 Å². The van der Waals surface area contributed by atoms with Crippen LogP contribution < -0.4 is 0 Å². The van der Waals surface area contributed by atoms with Gasteiger partial charge in [-0.2, -0.15) is 4.99 Å². The molecule has 1 heterocycles. The summed E-state index contributed by atoms with van der Waals surface area (Å²) in [7, 11) is 0. The number of carbonyl (C=O) groups excluding carboxylic acids is 1. The molecule has 0 saturated heterocycles. The van der Waals surface area contributed by atoms with E-state index in [4.69, 9.17) is 0 Å². The van der Waals surface area contributed by atoms with Crippen LogP contribution in [0.1, 0.15) is 0 Å². The Hall–Kier alpha value is -1.46. The summed E-state index contributed by atoms with van der Waals surface area (Å²) >= 11 is 0. The Kier molecular flexibility index (Phi) is 1.18. The predicted molar refractivity (Wildman–Crippen MR) is 23.2 cm³/mol. The highest BCUT2D eigenvalue weighted by atomic mass is 16.1. The summed E-state index contributed by atoms with van der Waals surface area (Å²) in [4.78, 5) is 12.7. The molecule has 0 bridgehead atoms. The molecule has 40 valence electrons. The van der Waals surface area contributed by atoms with E-state index in [0.29, 0.717) is 6.41 Å². The zero-order valence-electron chi connectivity index (χ0n) is 3.72. The first-order valence-corrected chi connectivity index (χ1v) is 1.76. The number of carbonyl (C=O) groups is 1. The quantitative estimate of drug-likeness (QED) is 0.449. The van der Waals surface area contributed by atoms with E-state index in [1.807, 2.05) is 0 Å². The van der Waals surface area contributed by atoms with E-state index < -0.39 is 0 Å². The van der Waals surface area contributed by atoms with Gasteiger partial charge in [0.2, 0.25) is 6.41 Å². The van der Waals surface area contributed by atoms with Crippen molar-refractivity contribution < 1.29 is 4.79 Å². The standard InChI is InChI=1S/C2HN5O/c8-1-3-2-4-6-7-5-2/h1H. The monoisotopic (exact) mass is 111 g/mol. The summed E-state index contributed by atoms with van der Waals surface area (Å²) in [5.41, 5.74) is 0. The molecule has 1 rings (SSSR count). The lowest BCUT2D eigenvalue weighted by Gasteiger charge is -1.69. The van der Waals surface area contributed by atoms with Crippen molar-refractivity contribution in [2.24, 2.45) is 25.7 Å². The van der Waals surface area contributed by atoms with E-state index in [9.17, 15) is 4.79 Å². The predicted octanol–water partition coefficient (Wildman–Crippen LogP) is 0.332. The van der Waals surface area contributed by atoms with Crippen molar-refractivity contribution in [3.05, 3.63) is 0 Å². The minimum Gasteiger partial charge on any atom is -0.276 e. The van der Waals surface area contributed by atoms with Gasteiger partial charge in [0.25, 0.3) is 5.96 Å². The van der Waals surface area contributed by atoms with Crippen molar-refractivity contribution >= 4 is 12.4 Å². The maximum atomic E-state index is 9.57.